The lowest BCUT2D eigenvalue weighted by Crippen LogP contribution is -3.12. The first kappa shape index (κ1) is 19.1. The summed E-state index contributed by atoms with van der Waals surface area (Å²) in [6.45, 7) is 9.85. The maximum atomic E-state index is 12.7. The van der Waals surface area contributed by atoms with Gasteiger partial charge in [0, 0.05) is 11.3 Å². The van der Waals surface area contributed by atoms with Crippen LogP contribution in [0.2, 0.25) is 0 Å². The van der Waals surface area contributed by atoms with E-state index >= 15 is 0 Å². The van der Waals surface area contributed by atoms with Crippen LogP contribution in [0.25, 0.3) is 0 Å². The fraction of sp³-hybridized carbons (Fsp3) is 0.667. The zero-order chi connectivity index (χ0) is 18.9. The molecule has 8 heteroatoms. The SMILES string of the molecule is CCOC(=O)c1c(NC(=O)N2CC[NH+](C)CC2)sc2c1CC(C)(C)OC2. The Labute approximate surface area is 158 Å². The number of nitrogens with one attached hydrogen (secondary N) is 2. The second kappa shape index (κ2) is 7.54. The van der Waals surface area contributed by atoms with Gasteiger partial charge in [-0.3, -0.25) is 5.32 Å². The molecule has 1 fully saturated rings. The smallest absolute Gasteiger partial charge is 0.341 e. The predicted molar refractivity (Wildman–Crippen MR) is 100 cm³/mol. The highest BCUT2D eigenvalue weighted by molar-refractivity contribution is 7.17. The highest BCUT2D eigenvalue weighted by atomic mass is 32.1. The Hall–Kier alpha value is -1.64. The number of carbonyl (C=O) groups is 2. The van der Waals surface area contributed by atoms with Crippen LogP contribution < -0.4 is 10.2 Å². The molecular formula is C18H28N3O4S+. The third kappa shape index (κ3) is 4.02. The van der Waals surface area contributed by atoms with Gasteiger partial charge in [0.25, 0.3) is 0 Å². The van der Waals surface area contributed by atoms with E-state index in [4.69, 9.17) is 9.47 Å². The van der Waals surface area contributed by atoms with Crippen molar-refractivity contribution in [2.75, 3.05) is 45.2 Å². The molecule has 0 spiro atoms. The van der Waals surface area contributed by atoms with Crippen molar-refractivity contribution in [3.05, 3.63) is 16.0 Å². The summed E-state index contributed by atoms with van der Waals surface area (Å²) in [6, 6.07) is -0.151. The number of anilines is 1. The van der Waals surface area contributed by atoms with Crippen molar-refractivity contribution in [2.45, 2.75) is 39.4 Å². The lowest BCUT2D eigenvalue weighted by Gasteiger charge is -2.30. The Bertz CT molecular complexity index is 693. The molecule has 2 N–H and O–H groups in total. The molecule has 2 amide bonds. The normalized spacial score (nSPS) is 19.8. The molecule has 2 aliphatic heterocycles. The van der Waals surface area contributed by atoms with E-state index in [1.54, 1.807) is 11.8 Å². The number of esters is 1. The molecule has 0 aliphatic carbocycles. The predicted octanol–water partition coefficient (Wildman–Crippen LogP) is 1.14. The van der Waals surface area contributed by atoms with Crippen LogP contribution in [-0.4, -0.2) is 62.3 Å². The summed E-state index contributed by atoms with van der Waals surface area (Å²) in [4.78, 5) is 29.5. The Morgan fingerprint density at radius 1 is 1.35 bits per heavy atom. The number of hydrogen-bond acceptors (Lipinski definition) is 5. The molecule has 1 aromatic rings. The first-order valence-corrected chi connectivity index (χ1v) is 9.95. The fourth-order valence-electron chi connectivity index (χ4n) is 3.33. The Morgan fingerprint density at radius 2 is 2.04 bits per heavy atom. The highest BCUT2D eigenvalue weighted by Crippen LogP contribution is 2.40. The average Bonchev–Trinajstić information content (AvgIpc) is 2.91. The molecule has 3 heterocycles. The molecule has 26 heavy (non-hydrogen) atoms. The zero-order valence-electron chi connectivity index (χ0n) is 15.9. The molecule has 1 aromatic heterocycles. The number of quaternary nitrogens is 1. The number of hydrogen-bond donors (Lipinski definition) is 2. The van der Waals surface area contributed by atoms with Crippen molar-refractivity contribution in [1.29, 1.82) is 0 Å². The highest BCUT2D eigenvalue weighted by Gasteiger charge is 2.35. The van der Waals surface area contributed by atoms with Gasteiger partial charge in [0.1, 0.15) is 5.00 Å². The van der Waals surface area contributed by atoms with Crippen molar-refractivity contribution >= 4 is 28.3 Å². The molecule has 0 saturated carbocycles. The van der Waals surface area contributed by atoms with E-state index in [2.05, 4.69) is 12.4 Å². The van der Waals surface area contributed by atoms with Gasteiger partial charge in [-0.25, -0.2) is 9.59 Å². The molecule has 0 unspecified atom stereocenters. The quantitative estimate of drug-likeness (QED) is 0.769. The molecule has 7 nitrogen and oxygen atoms in total. The third-order valence-electron chi connectivity index (χ3n) is 4.89. The molecule has 0 aromatic carbocycles. The van der Waals surface area contributed by atoms with Crippen LogP contribution in [0.5, 0.6) is 0 Å². The van der Waals surface area contributed by atoms with Gasteiger partial charge in [-0.15, -0.1) is 11.3 Å². The van der Waals surface area contributed by atoms with Crippen LogP contribution in [0.4, 0.5) is 9.80 Å². The van der Waals surface area contributed by atoms with Gasteiger partial charge in [0.05, 0.1) is 57.6 Å². The maximum absolute atomic E-state index is 12.7. The minimum absolute atomic E-state index is 0.151. The molecule has 3 rings (SSSR count). The van der Waals surface area contributed by atoms with E-state index in [0.717, 1.165) is 23.5 Å². The van der Waals surface area contributed by atoms with Crippen LogP contribution in [0.15, 0.2) is 0 Å². The lowest BCUT2D eigenvalue weighted by atomic mass is 9.93. The van der Waals surface area contributed by atoms with Gasteiger partial charge in [-0.05, 0) is 26.3 Å². The number of thiophene rings is 1. The van der Waals surface area contributed by atoms with Crippen LogP contribution in [0.3, 0.4) is 0 Å². The monoisotopic (exact) mass is 382 g/mol. The summed E-state index contributed by atoms with van der Waals surface area (Å²) in [5.41, 5.74) is 1.11. The number of rotatable bonds is 3. The van der Waals surface area contributed by atoms with E-state index in [1.807, 2.05) is 13.8 Å². The first-order chi connectivity index (χ1) is 12.3. The minimum atomic E-state index is -0.374. The molecule has 0 radical (unpaired) electrons. The molecule has 0 atom stereocenters. The Balaban J connectivity index is 1.85. The topological polar surface area (TPSA) is 72.3 Å². The second-order valence-corrected chi connectivity index (χ2v) is 8.63. The summed E-state index contributed by atoms with van der Waals surface area (Å²) in [5, 5.41) is 3.53. The van der Waals surface area contributed by atoms with Crippen molar-refractivity contribution in [3.63, 3.8) is 0 Å². The number of urea groups is 1. The van der Waals surface area contributed by atoms with E-state index in [-0.39, 0.29) is 17.6 Å². The van der Waals surface area contributed by atoms with Gasteiger partial charge >= 0.3 is 12.0 Å². The minimum Gasteiger partial charge on any atom is -0.462 e. The molecule has 0 bridgehead atoms. The number of ether oxygens (including phenoxy) is 2. The molecule has 1 saturated heterocycles. The largest absolute Gasteiger partial charge is 0.462 e. The van der Waals surface area contributed by atoms with E-state index in [0.29, 0.717) is 43.3 Å². The summed E-state index contributed by atoms with van der Waals surface area (Å²) in [5.74, 6) is -0.374. The van der Waals surface area contributed by atoms with E-state index in [1.165, 1.54) is 16.2 Å². The summed E-state index contributed by atoms with van der Waals surface area (Å²) >= 11 is 1.42. The number of fused-ring (bicyclic) bond motifs is 1. The Morgan fingerprint density at radius 3 is 2.69 bits per heavy atom. The standard InChI is InChI=1S/C18H27N3O4S/c1-5-24-16(22)14-12-10-18(2,3)25-11-13(12)26-15(14)19-17(23)21-8-6-20(4)7-9-21/h5-11H2,1-4H3,(H,19,23)/p+1. The number of likely N-dealkylation sites (N-methyl/N-ethyl adjacent to an activating group) is 1. The second-order valence-electron chi connectivity index (χ2n) is 7.53. The Kier molecular flexibility index (Phi) is 5.55. The van der Waals surface area contributed by atoms with Crippen LogP contribution in [-0.2, 0) is 22.5 Å². The van der Waals surface area contributed by atoms with E-state index < -0.39 is 0 Å². The molecular weight excluding hydrogens is 354 g/mol. The first-order valence-electron chi connectivity index (χ1n) is 9.13. The average molecular weight is 383 g/mol. The number of amides is 2. The van der Waals surface area contributed by atoms with Crippen molar-refractivity contribution in [1.82, 2.24) is 4.90 Å². The van der Waals surface area contributed by atoms with Crippen molar-refractivity contribution in [3.8, 4) is 0 Å². The van der Waals surface area contributed by atoms with Gasteiger partial charge in [0.15, 0.2) is 0 Å². The summed E-state index contributed by atoms with van der Waals surface area (Å²) < 4.78 is 11.1. The third-order valence-corrected chi connectivity index (χ3v) is 6.01. The van der Waals surface area contributed by atoms with Gasteiger partial charge in [0.2, 0.25) is 0 Å². The summed E-state index contributed by atoms with van der Waals surface area (Å²) in [6.07, 6.45) is 0.626. The van der Waals surface area contributed by atoms with E-state index in [9.17, 15) is 9.59 Å². The number of carbonyl (C=O) groups excluding carboxylic acids is 2. The molecule has 144 valence electrons. The number of nitrogens with zero attached hydrogens (tertiary/aromatic N) is 1. The fourth-order valence-corrected chi connectivity index (χ4v) is 4.44. The van der Waals surface area contributed by atoms with Crippen LogP contribution >= 0.6 is 11.3 Å². The lowest BCUT2D eigenvalue weighted by molar-refractivity contribution is -0.883. The van der Waals surface area contributed by atoms with Gasteiger partial charge in [-0.1, -0.05) is 0 Å². The van der Waals surface area contributed by atoms with Crippen LogP contribution in [0.1, 0.15) is 41.6 Å². The molecule has 2 aliphatic rings. The van der Waals surface area contributed by atoms with Crippen molar-refractivity contribution in [2.24, 2.45) is 0 Å². The maximum Gasteiger partial charge on any atom is 0.341 e. The van der Waals surface area contributed by atoms with Crippen molar-refractivity contribution < 1.29 is 24.0 Å². The van der Waals surface area contributed by atoms with Gasteiger partial charge in [-0.2, -0.15) is 0 Å². The zero-order valence-corrected chi connectivity index (χ0v) is 16.8. The number of piperazine rings is 1. The van der Waals surface area contributed by atoms with Gasteiger partial charge < -0.3 is 19.3 Å². The van der Waals surface area contributed by atoms with Crippen LogP contribution in [0, 0.1) is 0 Å². The summed E-state index contributed by atoms with van der Waals surface area (Å²) in [7, 11) is 2.13.